The fourth-order valence-corrected chi connectivity index (χ4v) is 3.27. The molecule has 3 aromatic rings. The summed E-state index contributed by atoms with van der Waals surface area (Å²) in [7, 11) is 0. The van der Waals surface area contributed by atoms with Gasteiger partial charge >= 0.3 is 6.18 Å². The molecule has 8 heteroatoms. The number of aryl methyl sites for hydroxylation is 1. The van der Waals surface area contributed by atoms with Crippen LogP contribution in [0.15, 0.2) is 48.8 Å². The summed E-state index contributed by atoms with van der Waals surface area (Å²) in [5, 5.41) is 3.51. The maximum atomic E-state index is 12.6. The Labute approximate surface area is 151 Å². The smallest absolute Gasteiger partial charge is 0.347 e. The van der Waals surface area contributed by atoms with Gasteiger partial charge in [0.2, 0.25) is 0 Å². The number of nitrogens with one attached hydrogen (secondary N) is 1. The van der Waals surface area contributed by atoms with E-state index in [0.29, 0.717) is 0 Å². The Bertz CT molecular complexity index is 906. The lowest BCUT2D eigenvalue weighted by Gasteiger charge is -2.08. The maximum absolute atomic E-state index is 12.6. The zero-order valence-corrected chi connectivity index (χ0v) is 14.5. The Balaban J connectivity index is 1.67. The highest BCUT2D eigenvalue weighted by Gasteiger charge is 2.30. The van der Waals surface area contributed by atoms with Gasteiger partial charge in [-0.15, -0.1) is 11.3 Å². The van der Waals surface area contributed by atoms with Crippen LogP contribution < -0.4 is 5.32 Å². The zero-order chi connectivity index (χ0) is 18.7. The summed E-state index contributed by atoms with van der Waals surface area (Å²) in [6.45, 7) is 2.10. The third-order valence-electron chi connectivity index (χ3n) is 3.69. The van der Waals surface area contributed by atoms with E-state index >= 15 is 0 Å². The maximum Gasteiger partial charge on any atom is 0.416 e. The summed E-state index contributed by atoms with van der Waals surface area (Å²) in [6, 6.07) is 7.84. The number of aromatic nitrogens is 2. The summed E-state index contributed by atoms with van der Waals surface area (Å²) in [5.74, 6) is -0.436. The summed E-state index contributed by atoms with van der Waals surface area (Å²) in [6.07, 6.45) is -1.03. The fourth-order valence-electron chi connectivity index (χ4n) is 2.28. The van der Waals surface area contributed by atoms with Gasteiger partial charge in [0.15, 0.2) is 0 Å². The lowest BCUT2D eigenvalue weighted by atomic mass is 10.1. The van der Waals surface area contributed by atoms with E-state index in [2.05, 4.69) is 15.3 Å². The highest BCUT2D eigenvalue weighted by molar-refractivity contribution is 7.15. The molecule has 0 radical (unpaired) electrons. The van der Waals surface area contributed by atoms with Crippen LogP contribution in [0.1, 0.15) is 26.5 Å². The topological polar surface area (TPSA) is 54.9 Å². The molecule has 3 rings (SSSR count). The van der Waals surface area contributed by atoms with E-state index < -0.39 is 17.6 Å². The van der Waals surface area contributed by atoms with Gasteiger partial charge in [0.1, 0.15) is 5.01 Å². The van der Waals surface area contributed by atoms with Crippen LogP contribution in [0.2, 0.25) is 0 Å². The standard InChI is InChI=1S/C18H14F3N3OS/c1-11-15(26-17(24-11)13-3-2-8-22-9-13)10-23-16(25)12-4-6-14(7-5-12)18(19,20)21/h2-9H,10H2,1H3,(H,23,25). The van der Waals surface area contributed by atoms with Gasteiger partial charge in [0.25, 0.3) is 5.91 Å². The summed E-state index contributed by atoms with van der Waals surface area (Å²) in [4.78, 5) is 21.6. The second kappa shape index (κ2) is 7.25. The summed E-state index contributed by atoms with van der Waals surface area (Å²) < 4.78 is 37.7. The second-order valence-electron chi connectivity index (χ2n) is 5.53. The first-order chi connectivity index (χ1) is 12.3. The van der Waals surface area contributed by atoms with Crippen molar-refractivity contribution in [2.24, 2.45) is 0 Å². The molecule has 0 aliphatic carbocycles. The second-order valence-corrected chi connectivity index (χ2v) is 6.61. The van der Waals surface area contributed by atoms with Crippen LogP contribution in [0.4, 0.5) is 13.2 Å². The number of alkyl halides is 3. The molecule has 0 unspecified atom stereocenters. The molecular weight excluding hydrogens is 363 g/mol. The van der Waals surface area contributed by atoms with Gasteiger partial charge in [-0.1, -0.05) is 0 Å². The molecule has 0 saturated heterocycles. The van der Waals surface area contributed by atoms with Crippen LogP contribution in [0, 0.1) is 6.92 Å². The average Bonchev–Trinajstić information content (AvgIpc) is 3.00. The van der Waals surface area contributed by atoms with Gasteiger partial charge in [-0.05, 0) is 43.3 Å². The highest BCUT2D eigenvalue weighted by atomic mass is 32.1. The number of thiazole rings is 1. The van der Waals surface area contributed by atoms with Crippen molar-refractivity contribution in [1.82, 2.24) is 15.3 Å². The number of hydrogen-bond donors (Lipinski definition) is 1. The van der Waals surface area contributed by atoms with Gasteiger partial charge in [-0.25, -0.2) is 4.98 Å². The Kier molecular flexibility index (Phi) is 5.03. The van der Waals surface area contributed by atoms with Crippen molar-refractivity contribution in [2.45, 2.75) is 19.6 Å². The van der Waals surface area contributed by atoms with E-state index in [-0.39, 0.29) is 12.1 Å². The largest absolute Gasteiger partial charge is 0.416 e. The van der Waals surface area contributed by atoms with E-state index in [1.54, 1.807) is 12.4 Å². The number of nitrogens with zero attached hydrogens (tertiary/aromatic N) is 2. The third-order valence-corrected chi connectivity index (χ3v) is 4.89. The van der Waals surface area contributed by atoms with Crippen molar-refractivity contribution in [2.75, 3.05) is 0 Å². The van der Waals surface area contributed by atoms with Gasteiger partial charge in [-0.3, -0.25) is 9.78 Å². The van der Waals surface area contributed by atoms with Gasteiger partial charge in [0, 0.05) is 28.4 Å². The minimum atomic E-state index is -4.42. The molecule has 1 N–H and O–H groups in total. The highest BCUT2D eigenvalue weighted by Crippen LogP contribution is 2.29. The van der Waals surface area contributed by atoms with Crippen molar-refractivity contribution in [1.29, 1.82) is 0 Å². The molecule has 0 bridgehead atoms. The lowest BCUT2D eigenvalue weighted by molar-refractivity contribution is -0.137. The van der Waals surface area contributed by atoms with E-state index in [9.17, 15) is 18.0 Å². The number of halogens is 3. The van der Waals surface area contributed by atoms with Gasteiger partial charge < -0.3 is 5.32 Å². The number of amides is 1. The quantitative estimate of drug-likeness (QED) is 0.730. The molecule has 1 amide bonds. The van der Waals surface area contributed by atoms with Crippen molar-refractivity contribution in [3.05, 3.63) is 70.5 Å². The van der Waals surface area contributed by atoms with Crippen LogP contribution in [-0.4, -0.2) is 15.9 Å². The Morgan fingerprint density at radius 3 is 2.54 bits per heavy atom. The van der Waals surface area contributed by atoms with Crippen molar-refractivity contribution < 1.29 is 18.0 Å². The van der Waals surface area contributed by atoms with Gasteiger partial charge in [0.05, 0.1) is 17.8 Å². The number of benzene rings is 1. The zero-order valence-electron chi connectivity index (χ0n) is 13.7. The van der Waals surface area contributed by atoms with Crippen LogP contribution in [0.3, 0.4) is 0 Å². The van der Waals surface area contributed by atoms with Crippen molar-refractivity contribution >= 4 is 17.2 Å². The molecule has 4 nitrogen and oxygen atoms in total. The number of carbonyl (C=O) groups excluding carboxylic acids is 1. The molecular formula is C18H14F3N3OS. The third kappa shape index (κ3) is 4.08. The SMILES string of the molecule is Cc1nc(-c2cccnc2)sc1CNC(=O)c1ccc(C(F)(F)F)cc1. The number of rotatable bonds is 4. The van der Waals surface area contributed by atoms with Crippen LogP contribution >= 0.6 is 11.3 Å². The van der Waals surface area contributed by atoms with Crippen molar-refractivity contribution in [3.63, 3.8) is 0 Å². The first kappa shape index (κ1) is 18.1. The molecule has 2 heterocycles. The Hall–Kier alpha value is -2.74. The fraction of sp³-hybridized carbons (Fsp3) is 0.167. The Morgan fingerprint density at radius 2 is 1.92 bits per heavy atom. The number of hydrogen-bond acceptors (Lipinski definition) is 4. The molecule has 0 aliphatic rings. The molecule has 0 atom stereocenters. The predicted octanol–water partition coefficient (Wildman–Crippen LogP) is 4.46. The van der Waals surface area contributed by atoms with Crippen LogP contribution in [0.5, 0.6) is 0 Å². The van der Waals surface area contributed by atoms with E-state index in [1.165, 1.54) is 23.5 Å². The molecule has 0 fully saturated rings. The molecule has 134 valence electrons. The lowest BCUT2D eigenvalue weighted by Crippen LogP contribution is -2.22. The number of pyridine rings is 1. The minimum absolute atomic E-state index is 0.174. The molecule has 0 aliphatic heterocycles. The van der Waals surface area contributed by atoms with Crippen LogP contribution in [0.25, 0.3) is 10.6 Å². The monoisotopic (exact) mass is 377 g/mol. The predicted molar refractivity (Wildman–Crippen MR) is 92.7 cm³/mol. The summed E-state index contributed by atoms with van der Waals surface area (Å²) in [5.41, 5.74) is 1.07. The molecule has 0 saturated carbocycles. The van der Waals surface area contributed by atoms with Crippen LogP contribution in [-0.2, 0) is 12.7 Å². The Morgan fingerprint density at radius 1 is 1.19 bits per heavy atom. The average molecular weight is 377 g/mol. The normalized spacial score (nSPS) is 11.4. The summed E-state index contributed by atoms with van der Waals surface area (Å²) >= 11 is 1.44. The van der Waals surface area contributed by atoms with E-state index in [4.69, 9.17) is 0 Å². The molecule has 26 heavy (non-hydrogen) atoms. The minimum Gasteiger partial charge on any atom is -0.347 e. The molecule has 0 spiro atoms. The first-order valence-corrected chi connectivity index (χ1v) is 8.48. The van der Waals surface area contributed by atoms with Gasteiger partial charge in [-0.2, -0.15) is 13.2 Å². The van der Waals surface area contributed by atoms with Crippen molar-refractivity contribution in [3.8, 4) is 10.6 Å². The number of carbonyl (C=O) groups is 1. The first-order valence-electron chi connectivity index (χ1n) is 7.67. The van der Waals surface area contributed by atoms with E-state index in [0.717, 1.165) is 33.3 Å². The molecule has 2 aromatic heterocycles. The van der Waals surface area contributed by atoms with E-state index in [1.807, 2.05) is 19.1 Å². The molecule has 1 aromatic carbocycles.